The molecule has 0 unspecified atom stereocenters. The molecule has 0 radical (unpaired) electrons. The molecular weight excluding hydrogens is 417 g/mol. The molecule has 1 saturated heterocycles. The molecule has 9 nitrogen and oxygen atoms in total. The van der Waals surface area contributed by atoms with Gasteiger partial charge >= 0.3 is 6.09 Å². The number of carbonyl (C=O) groups excluding carboxylic acids is 1. The van der Waals surface area contributed by atoms with Crippen LogP contribution in [-0.4, -0.2) is 67.1 Å². The SMILES string of the molecule is COc1ccccc1CS(=O)(=O)C(C)(C)[C@H](NC(=O)O)C(=O)N1C[C@@H](F)C[C@H]1C#N. The summed E-state index contributed by atoms with van der Waals surface area (Å²) in [6, 6.07) is 5.39. The van der Waals surface area contributed by atoms with E-state index in [0.29, 0.717) is 11.3 Å². The van der Waals surface area contributed by atoms with Gasteiger partial charge in [0.25, 0.3) is 0 Å². The first-order valence-electron chi connectivity index (χ1n) is 9.12. The maximum Gasteiger partial charge on any atom is 0.405 e. The fourth-order valence-electron chi connectivity index (χ4n) is 3.37. The number of alkyl halides is 1. The number of para-hydroxylation sites is 1. The second-order valence-corrected chi connectivity index (χ2v) is 10.1. The van der Waals surface area contributed by atoms with Crippen molar-refractivity contribution >= 4 is 21.8 Å². The Morgan fingerprint density at radius 3 is 2.63 bits per heavy atom. The number of amides is 2. The molecule has 1 fully saturated rings. The first-order chi connectivity index (χ1) is 13.9. The molecule has 1 aromatic rings. The van der Waals surface area contributed by atoms with Gasteiger partial charge in [0.2, 0.25) is 5.91 Å². The molecule has 2 N–H and O–H groups in total. The van der Waals surface area contributed by atoms with Crippen LogP contribution in [0.4, 0.5) is 9.18 Å². The topological polar surface area (TPSA) is 137 Å². The van der Waals surface area contributed by atoms with E-state index < -0.39 is 57.1 Å². The van der Waals surface area contributed by atoms with E-state index in [9.17, 15) is 32.8 Å². The van der Waals surface area contributed by atoms with Crippen molar-refractivity contribution in [2.45, 2.75) is 49.0 Å². The van der Waals surface area contributed by atoms with Gasteiger partial charge in [-0.3, -0.25) is 4.79 Å². The highest BCUT2D eigenvalue weighted by atomic mass is 32.2. The standard InChI is InChI=1S/C19H24FN3O6S/c1-19(2,30(27,28)11-12-6-4-5-7-15(12)29-3)16(22-18(25)26)17(24)23-10-13(20)8-14(23)9-21/h4-7,13-14,16,22H,8,10-11H2,1-3H3,(H,25,26)/t13-,14-,16+/m0/s1. The fourth-order valence-corrected chi connectivity index (χ4v) is 4.90. The van der Waals surface area contributed by atoms with E-state index in [0.717, 1.165) is 4.90 Å². The lowest BCUT2D eigenvalue weighted by Crippen LogP contribution is -2.61. The quantitative estimate of drug-likeness (QED) is 0.654. The third kappa shape index (κ3) is 4.64. The Hall–Kier alpha value is -2.87. The number of carboxylic acid groups (broad SMARTS) is 1. The van der Waals surface area contributed by atoms with E-state index >= 15 is 0 Å². The largest absolute Gasteiger partial charge is 0.496 e. The molecule has 0 aliphatic carbocycles. The number of sulfone groups is 1. The van der Waals surface area contributed by atoms with Gasteiger partial charge in [0.1, 0.15) is 24.0 Å². The van der Waals surface area contributed by atoms with Gasteiger partial charge in [-0.2, -0.15) is 5.26 Å². The average Bonchev–Trinajstić information content (AvgIpc) is 3.06. The van der Waals surface area contributed by atoms with Crippen molar-refractivity contribution in [1.82, 2.24) is 10.2 Å². The van der Waals surface area contributed by atoms with Gasteiger partial charge in [-0.1, -0.05) is 18.2 Å². The monoisotopic (exact) mass is 441 g/mol. The van der Waals surface area contributed by atoms with Crippen LogP contribution in [0.2, 0.25) is 0 Å². The Labute approximate surface area is 174 Å². The Bertz CT molecular complexity index is 959. The van der Waals surface area contributed by atoms with Crippen molar-refractivity contribution in [1.29, 1.82) is 5.26 Å². The maximum absolute atomic E-state index is 13.8. The summed E-state index contributed by atoms with van der Waals surface area (Å²) in [6.45, 7) is 2.04. The third-order valence-corrected chi connectivity index (χ3v) is 7.76. The number of halogens is 1. The van der Waals surface area contributed by atoms with Crippen molar-refractivity contribution in [3.8, 4) is 11.8 Å². The van der Waals surface area contributed by atoms with Crippen molar-refractivity contribution in [2.75, 3.05) is 13.7 Å². The predicted octanol–water partition coefficient (Wildman–Crippen LogP) is 1.49. The summed E-state index contributed by atoms with van der Waals surface area (Å²) >= 11 is 0. The van der Waals surface area contributed by atoms with Gasteiger partial charge in [-0.05, 0) is 19.9 Å². The molecule has 1 heterocycles. The van der Waals surface area contributed by atoms with E-state index in [1.54, 1.807) is 30.3 Å². The van der Waals surface area contributed by atoms with E-state index in [-0.39, 0.29) is 6.42 Å². The number of likely N-dealkylation sites (tertiary alicyclic amines) is 1. The number of ether oxygens (including phenoxy) is 1. The molecule has 1 aromatic carbocycles. The number of carbonyl (C=O) groups is 2. The summed E-state index contributed by atoms with van der Waals surface area (Å²) in [4.78, 5) is 25.3. The van der Waals surface area contributed by atoms with Crippen LogP contribution in [0.1, 0.15) is 25.8 Å². The normalized spacial score (nSPS) is 20.3. The number of nitrogens with one attached hydrogen (secondary N) is 1. The fraction of sp³-hybridized carbons (Fsp3) is 0.526. The summed E-state index contributed by atoms with van der Waals surface area (Å²) in [6.07, 6.45) is -3.27. The summed E-state index contributed by atoms with van der Waals surface area (Å²) in [7, 11) is -2.75. The number of hydrogen-bond acceptors (Lipinski definition) is 6. The number of hydrogen-bond donors (Lipinski definition) is 2. The van der Waals surface area contributed by atoms with Crippen LogP contribution in [0, 0.1) is 11.3 Å². The molecule has 1 aliphatic rings. The van der Waals surface area contributed by atoms with Gasteiger partial charge in [-0.15, -0.1) is 0 Å². The lowest BCUT2D eigenvalue weighted by atomic mass is 10.0. The molecule has 0 spiro atoms. The molecule has 164 valence electrons. The third-order valence-electron chi connectivity index (χ3n) is 5.23. The van der Waals surface area contributed by atoms with E-state index in [2.05, 4.69) is 0 Å². The van der Waals surface area contributed by atoms with Gasteiger partial charge in [0.05, 0.1) is 30.2 Å². The summed E-state index contributed by atoms with van der Waals surface area (Å²) in [5.74, 6) is -1.14. The Morgan fingerprint density at radius 2 is 2.07 bits per heavy atom. The number of methoxy groups -OCH3 is 1. The molecule has 0 aromatic heterocycles. The molecule has 2 rings (SSSR count). The van der Waals surface area contributed by atoms with Crippen LogP contribution in [0.15, 0.2) is 24.3 Å². The first kappa shape index (κ1) is 23.4. The minimum atomic E-state index is -4.13. The molecule has 2 amide bonds. The highest BCUT2D eigenvalue weighted by Crippen LogP contribution is 2.31. The molecule has 0 saturated carbocycles. The predicted molar refractivity (Wildman–Crippen MR) is 105 cm³/mol. The molecule has 1 aliphatic heterocycles. The van der Waals surface area contributed by atoms with Crippen molar-refractivity contribution in [2.24, 2.45) is 0 Å². The van der Waals surface area contributed by atoms with Crippen LogP contribution < -0.4 is 10.1 Å². The van der Waals surface area contributed by atoms with Crippen LogP contribution in [-0.2, 0) is 20.4 Å². The zero-order valence-electron chi connectivity index (χ0n) is 16.8. The van der Waals surface area contributed by atoms with Crippen LogP contribution in [0.3, 0.4) is 0 Å². The second kappa shape index (κ2) is 8.87. The molecule has 30 heavy (non-hydrogen) atoms. The molecule has 11 heteroatoms. The lowest BCUT2D eigenvalue weighted by molar-refractivity contribution is -0.134. The zero-order valence-corrected chi connectivity index (χ0v) is 17.6. The Balaban J connectivity index is 2.42. The van der Waals surface area contributed by atoms with Crippen molar-refractivity contribution in [3.05, 3.63) is 29.8 Å². The summed E-state index contributed by atoms with van der Waals surface area (Å²) in [5.41, 5.74) is 0.342. The number of nitriles is 1. The molecule has 3 atom stereocenters. The van der Waals surface area contributed by atoms with Gasteiger partial charge in [0.15, 0.2) is 9.84 Å². The minimum absolute atomic E-state index is 0.212. The van der Waals surface area contributed by atoms with Crippen LogP contribution in [0.5, 0.6) is 5.75 Å². The smallest absolute Gasteiger partial charge is 0.405 e. The number of nitrogens with zero attached hydrogens (tertiary/aromatic N) is 2. The van der Waals surface area contributed by atoms with E-state index in [1.165, 1.54) is 21.0 Å². The Kier molecular flexibility index (Phi) is 6.92. The Morgan fingerprint density at radius 1 is 1.43 bits per heavy atom. The van der Waals surface area contributed by atoms with E-state index in [1.807, 2.05) is 5.32 Å². The zero-order chi connectivity index (χ0) is 22.7. The highest BCUT2D eigenvalue weighted by Gasteiger charge is 2.50. The van der Waals surface area contributed by atoms with Gasteiger partial charge in [0, 0.05) is 12.0 Å². The maximum atomic E-state index is 13.8. The summed E-state index contributed by atoms with van der Waals surface area (Å²) < 4.78 is 43.5. The van der Waals surface area contributed by atoms with Gasteiger partial charge in [-0.25, -0.2) is 17.6 Å². The molecule has 0 bridgehead atoms. The minimum Gasteiger partial charge on any atom is -0.496 e. The highest BCUT2D eigenvalue weighted by molar-refractivity contribution is 7.92. The summed E-state index contributed by atoms with van der Waals surface area (Å²) in [5, 5.41) is 20.4. The second-order valence-electron chi connectivity index (χ2n) is 7.53. The number of benzene rings is 1. The van der Waals surface area contributed by atoms with Crippen molar-refractivity contribution < 1.29 is 32.2 Å². The number of rotatable bonds is 7. The van der Waals surface area contributed by atoms with Crippen LogP contribution in [0.25, 0.3) is 0 Å². The van der Waals surface area contributed by atoms with Crippen LogP contribution >= 0.6 is 0 Å². The lowest BCUT2D eigenvalue weighted by Gasteiger charge is -2.35. The van der Waals surface area contributed by atoms with Crippen molar-refractivity contribution in [3.63, 3.8) is 0 Å². The first-order valence-corrected chi connectivity index (χ1v) is 10.8. The van der Waals surface area contributed by atoms with E-state index in [4.69, 9.17) is 4.74 Å². The average molecular weight is 441 g/mol. The van der Waals surface area contributed by atoms with Gasteiger partial charge < -0.3 is 20.1 Å². The molecular formula is C19H24FN3O6S.